The number of methoxy groups -OCH3 is 1. The van der Waals surface area contributed by atoms with Crippen LogP contribution in [0.1, 0.15) is 48.6 Å². The second-order valence-corrected chi connectivity index (χ2v) is 4.90. The van der Waals surface area contributed by atoms with Gasteiger partial charge in [0.15, 0.2) is 5.82 Å². The van der Waals surface area contributed by atoms with Crippen LogP contribution in [0.15, 0.2) is 0 Å². The third-order valence-corrected chi connectivity index (χ3v) is 3.68. The van der Waals surface area contributed by atoms with Gasteiger partial charge in [0.25, 0.3) is 0 Å². The van der Waals surface area contributed by atoms with Crippen LogP contribution in [0.2, 0.25) is 0 Å². The Kier molecular flexibility index (Phi) is 2.84. The molecule has 1 atom stereocenters. The van der Waals surface area contributed by atoms with Crippen molar-refractivity contribution in [1.82, 2.24) is 15.3 Å². The molecular weight excluding hydrogens is 214 g/mol. The molecule has 1 aromatic heterocycles. The van der Waals surface area contributed by atoms with Crippen LogP contribution in [-0.4, -0.2) is 17.1 Å². The molecule has 4 heteroatoms. The molecule has 1 N–H and O–H groups in total. The highest BCUT2D eigenvalue weighted by molar-refractivity contribution is 5.30. The maximum absolute atomic E-state index is 5.57. The Morgan fingerprint density at radius 1 is 1.35 bits per heavy atom. The van der Waals surface area contributed by atoms with E-state index in [4.69, 9.17) is 14.7 Å². The highest BCUT2D eigenvalue weighted by Crippen LogP contribution is 2.42. The molecule has 0 spiro atoms. The lowest BCUT2D eigenvalue weighted by Gasteiger charge is -2.15. The molecule has 2 heterocycles. The summed E-state index contributed by atoms with van der Waals surface area (Å²) in [6, 6.07) is 0. The minimum absolute atomic E-state index is 0.103. The number of aryl methyl sites for hydroxylation is 1. The van der Waals surface area contributed by atoms with E-state index < -0.39 is 0 Å². The first-order chi connectivity index (χ1) is 8.33. The van der Waals surface area contributed by atoms with Gasteiger partial charge >= 0.3 is 0 Å². The fourth-order valence-corrected chi connectivity index (χ4v) is 2.59. The van der Waals surface area contributed by atoms with Gasteiger partial charge in [-0.3, -0.25) is 0 Å². The summed E-state index contributed by atoms with van der Waals surface area (Å²) in [5, 5.41) is 3.35. The second-order valence-electron chi connectivity index (χ2n) is 4.90. The molecule has 1 aliphatic carbocycles. The molecule has 2 aliphatic rings. The first-order valence-electron chi connectivity index (χ1n) is 6.45. The SMILES string of the molecule is CCc1nc(C(OC)C2CC2)nc2c1CNC2. The van der Waals surface area contributed by atoms with Gasteiger partial charge < -0.3 is 10.1 Å². The van der Waals surface area contributed by atoms with Gasteiger partial charge in [0, 0.05) is 31.5 Å². The van der Waals surface area contributed by atoms with Gasteiger partial charge in [0.1, 0.15) is 6.10 Å². The van der Waals surface area contributed by atoms with Crippen LogP contribution in [0.25, 0.3) is 0 Å². The van der Waals surface area contributed by atoms with E-state index >= 15 is 0 Å². The summed E-state index contributed by atoms with van der Waals surface area (Å²) < 4.78 is 5.57. The highest BCUT2D eigenvalue weighted by Gasteiger charge is 2.35. The van der Waals surface area contributed by atoms with Crippen molar-refractivity contribution in [3.8, 4) is 0 Å². The van der Waals surface area contributed by atoms with Crippen molar-refractivity contribution >= 4 is 0 Å². The third kappa shape index (κ3) is 1.96. The number of hydrogen-bond donors (Lipinski definition) is 1. The third-order valence-electron chi connectivity index (χ3n) is 3.68. The number of nitrogens with one attached hydrogen (secondary N) is 1. The first kappa shape index (κ1) is 11.1. The Bertz CT molecular complexity index is 429. The van der Waals surface area contributed by atoms with Crippen LogP contribution in [0.3, 0.4) is 0 Å². The predicted molar refractivity (Wildman–Crippen MR) is 64.4 cm³/mol. The summed E-state index contributed by atoms with van der Waals surface area (Å²) in [7, 11) is 1.77. The zero-order chi connectivity index (χ0) is 11.8. The Labute approximate surface area is 102 Å². The van der Waals surface area contributed by atoms with Crippen molar-refractivity contribution in [1.29, 1.82) is 0 Å². The molecule has 0 amide bonds. The number of aromatic nitrogens is 2. The molecule has 1 fully saturated rings. The fourth-order valence-electron chi connectivity index (χ4n) is 2.59. The molecule has 3 rings (SSSR count). The Morgan fingerprint density at radius 3 is 2.82 bits per heavy atom. The van der Waals surface area contributed by atoms with E-state index in [9.17, 15) is 0 Å². The van der Waals surface area contributed by atoms with Gasteiger partial charge in [-0.05, 0) is 25.2 Å². The van der Waals surface area contributed by atoms with Crippen LogP contribution in [-0.2, 0) is 24.2 Å². The molecule has 4 nitrogen and oxygen atoms in total. The number of nitrogens with zero attached hydrogens (tertiary/aromatic N) is 2. The number of rotatable bonds is 4. The van der Waals surface area contributed by atoms with Gasteiger partial charge in [-0.1, -0.05) is 6.92 Å². The van der Waals surface area contributed by atoms with Crippen LogP contribution < -0.4 is 5.32 Å². The molecule has 1 aromatic rings. The summed E-state index contributed by atoms with van der Waals surface area (Å²) in [6.45, 7) is 3.95. The predicted octanol–water partition coefficient (Wildman–Crippen LogP) is 1.74. The monoisotopic (exact) mass is 233 g/mol. The average Bonchev–Trinajstić information content (AvgIpc) is 3.06. The molecule has 1 unspecified atom stereocenters. The summed E-state index contributed by atoms with van der Waals surface area (Å²) in [4.78, 5) is 9.41. The maximum Gasteiger partial charge on any atom is 0.157 e. The Morgan fingerprint density at radius 2 is 2.18 bits per heavy atom. The number of ether oxygens (including phenoxy) is 1. The quantitative estimate of drug-likeness (QED) is 0.860. The topological polar surface area (TPSA) is 47.0 Å². The molecule has 92 valence electrons. The zero-order valence-corrected chi connectivity index (χ0v) is 10.5. The van der Waals surface area contributed by atoms with E-state index in [0.29, 0.717) is 5.92 Å². The lowest BCUT2D eigenvalue weighted by Crippen LogP contribution is -2.13. The second kappa shape index (κ2) is 4.35. The molecule has 0 aromatic carbocycles. The number of hydrogen-bond acceptors (Lipinski definition) is 4. The van der Waals surface area contributed by atoms with Crippen molar-refractivity contribution < 1.29 is 4.74 Å². The standard InChI is InChI=1S/C13H19N3O/c1-3-10-9-6-14-7-11(9)16-13(15-10)12(17-2)8-4-5-8/h8,12,14H,3-7H2,1-2H3. The minimum atomic E-state index is 0.103. The van der Waals surface area contributed by atoms with Crippen molar-refractivity contribution in [3.05, 3.63) is 22.8 Å². The fraction of sp³-hybridized carbons (Fsp3) is 0.692. The van der Waals surface area contributed by atoms with E-state index in [0.717, 1.165) is 25.3 Å². The molecular formula is C13H19N3O. The lowest BCUT2D eigenvalue weighted by atomic mass is 10.1. The molecule has 1 aliphatic heterocycles. The lowest BCUT2D eigenvalue weighted by molar-refractivity contribution is 0.0768. The van der Waals surface area contributed by atoms with E-state index in [1.165, 1.54) is 29.8 Å². The summed E-state index contributed by atoms with van der Waals surface area (Å²) in [6.07, 6.45) is 3.57. The summed E-state index contributed by atoms with van der Waals surface area (Å²) in [5.41, 5.74) is 3.68. The molecule has 0 saturated heterocycles. The maximum atomic E-state index is 5.57. The van der Waals surface area contributed by atoms with Crippen molar-refractivity contribution in [3.63, 3.8) is 0 Å². The van der Waals surface area contributed by atoms with Crippen molar-refractivity contribution in [2.24, 2.45) is 5.92 Å². The number of fused-ring (bicyclic) bond motifs is 1. The molecule has 17 heavy (non-hydrogen) atoms. The minimum Gasteiger partial charge on any atom is -0.373 e. The normalized spacial score (nSPS) is 20.4. The Hall–Kier alpha value is -1.00. The smallest absolute Gasteiger partial charge is 0.157 e. The molecule has 1 saturated carbocycles. The first-order valence-corrected chi connectivity index (χ1v) is 6.45. The molecule has 0 radical (unpaired) electrons. The van der Waals surface area contributed by atoms with Crippen LogP contribution >= 0.6 is 0 Å². The summed E-state index contributed by atoms with van der Waals surface area (Å²) >= 11 is 0. The summed E-state index contributed by atoms with van der Waals surface area (Å²) in [5.74, 6) is 1.53. The van der Waals surface area contributed by atoms with E-state index in [2.05, 4.69) is 12.2 Å². The molecule has 0 bridgehead atoms. The van der Waals surface area contributed by atoms with E-state index in [-0.39, 0.29) is 6.10 Å². The van der Waals surface area contributed by atoms with Crippen LogP contribution in [0.5, 0.6) is 0 Å². The van der Waals surface area contributed by atoms with Gasteiger partial charge in [-0.2, -0.15) is 0 Å². The Balaban J connectivity index is 1.99. The van der Waals surface area contributed by atoms with Crippen LogP contribution in [0.4, 0.5) is 0 Å². The van der Waals surface area contributed by atoms with Gasteiger partial charge in [0.05, 0.1) is 5.69 Å². The van der Waals surface area contributed by atoms with Gasteiger partial charge in [-0.25, -0.2) is 9.97 Å². The average molecular weight is 233 g/mol. The van der Waals surface area contributed by atoms with Gasteiger partial charge in [0.2, 0.25) is 0 Å². The highest BCUT2D eigenvalue weighted by atomic mass is 16.5. The largest absolute Gasteiger partial charge is 0.373 e. The van der Waals surface area contributed by atoms with E-state index in [1.807, 2.05) is 0 Å². The van der Waals surface area contributed by atoms with Gasteiger partial charge in [-0.15, -0.1) is 0 Å². The van der Waals surface area contributed by atoms with Crippen molar-refractivity contribution in [2.45, 2.75) is 45.4 Å². The van der Waals surface area contributed by atoms with E-state index in [1.54, 1.807) is 7.11 Å². The zero-order valence-electron chi connectivity index (χ0n) is 10.5. The van der Waals surface area contributed by atoms with Crippen molar-refractivity contribution in [2.75, 3.05) is 7.11 Å². The van der Waals surface area contributed by atoms with Crippen LogP contribution in [0, 0.1) is 5.92 Å².